The molecule has 0 radical (unpaired) electrons. The van der Waals surface area contributed by atoms with Crippen LogP contribution in [-0.4, -0.2) is 58.7 Å². The Bertz CT molecular complexity index is 1880. The van der Waals surface area contributed by atoms with Gasteiger partial charge in [0.05, 0.1) is 37.0 Å². The van der Waals surface area contributed by atoms with E-state index in [1.54, 1.807) is 14.2 Å². The molecule has 0 aliphatic carbocycles. The lowest BCUT2D eigenvalue weighted by atomic mass is 9.86. The number of aliphatic imine (C=N–C) groups is 2. The molecule has 5 aromatic rings. The molecule has 0 saturated heterocycles. The molecule has 5 heterocycles. The number of ether oxygens (including phenoxy) is 2. The predicted molar refractivity (Wildman–Crippen MR) is 160 cm³/mol. The van der Waals surface area contributed by atoms with Crippen LogP contribution < -0.4 is 20.7 Å². The molecule has 4 N–H and O–H groups in total. The molecule has 10 heteroatoms. The van der Waals surface area contributed by atoms with E-state index >= 15 is 0 Å². The Morgan fingerprint density at radius 2 is 1.32 bits per heavy atom. The molecule has 7 rings (SSSR count). The number of hydrogen-bond donors (Lipinski definition) is 4. The summed E-state index contributed by atoms with van der Waals surface area (Å²) >= 11 is 0. The maximum Gasteiger partial charge on any atom is 0.325 e. The number of benzene rings is 2. The van der Waals surface area contributed by atoms with E-state index in [1.165, 1.54) is 17.3 Å². The molecule has 0 saturated carbocycles. The summed E-state index contributed by atoms with van der Waals surface area (Å²) in [6.45, 7) is 1.34. The van der Waals surface area contributed by atoms with Crippen LogP contribution in [0.4, 0.5) is 0 Å². The van der Waals surface area contributed by atoms with Crippen LogP contribution in [0.1, 0.15) is 46.8 Å². The zero-order chi connectivity index (χ0) is 28.1. The van der Waals surface area contributed by atoms with E-state index in [0.717, 1.165) is 69.0 Å². The Balaban J connectivity index is 1.28. The summed E-state index contributed by atoms with van der Waals surface area (Å²) in [5, 5.41) is 2.31. The number of rotatable bonds is 7. The third-order valence-electron chi connectivity index (χ3n) is 8.30. The number of methoxy groups -OCH3 is 2. The van der Waals surface area contributed by atoms with Gasteiger partial charge in [-0.25, -0.2) is 4.79 Å². The third-order valence-corrected chi connectivity index (χ3v) is 8.30. The van der Waals surface area contributed by atoms with Crippen LogP contribution in [0.15, 0.2) is 62.2 Å². The summed E-state index contributed by atoms with van der Waals surface area (Å²) in [5.74, 6) is 1.30. The fourth-order valence-corrected chi connectivity index (χ4v) is 6.31. The molecule has 2 aliphatic rings. The molecule has 208 valence electrons. The van der Waals surface area contributed by atoms with Crippen molar-refractivity contribution in [3.8, 4) is 11.5 Å². The van der Waals surface area contributed by atoms with Crippen molar-refractivity contribution in [2.24, 2.45) is 9.98 Å². The average molecular weight is 551 g/mol. The highest BCUT2D eigenvalue weighted by Gasteiger charge is 2.28. The van der Waals surface area contributed by atoms with Gasteiger partial charge in [0.15, 0.2) is 0 Å². The molecule has 0 unspecified atom stereocenters. The first-order chi connectivity index (χ1) is 20.0. The van der Waals surface area contributed by atoms with E-state index in [1.807, 2.05) is 24.3 Å². The van der Waals surface area contributed by atoms with Crippen LogP contribution in [-0.2, 0) is 12.8 Å². The van der Waals surface area contributed by atoms with Crippen molar-refractivity contribution in [3.63, 3.8) is 0 Å². The van der Waals surface area contributed by atoms with Gasteiger partial charge in [-0.2, -0.15) is 0 Å². The number of fused-ring (bicyclic) bond motifs is 6. The van der Waals surface area contributed by atoms with Crippen LogP contribution in [0.5, 0.6) is 11.5 Å². The molecule has 0 fully saturated rings. The first-order valence-corrected chi connectivity index (χ1v) is 13.8. The second-order valence-electron chi connectivity index (χ2n) is 10.6. The number of nitrogens with one attached hydrogen (secondary N) is 4. The first kappa shape index (κ1) is 25.1. The van der Waals surface area contributed by atoms with E-state index in [0.29, 0.717) is 31.5 Å². The minimum Gasteiger partial charge on any atom is -0.497 e. The summed E-state index contributed by atoms with van der Waals surface area (Å²) in [6.07, 6.45) is 4.23. The Hall–Kier alpha value is -4.86. The molecule has 0 amide bonds. The van der Waals surface area contributed by atoms with Crippen molar-refractivity contribution in [1.82, 2.24) is 19.9 Å². The van der Waals surface area contributed by atoms with E-state index in [2.05, 4.69) is 32.1 Å². The minimum absolute atomic E-state index is 0.271. The van der Waals surface area contributed by atoms with Crippen molar-refractivity contribution in [1.29, 1.82) is 0 Å². The summed E-state index contributed by atoms with van der Waals surface area (Å²) < 4.78 is 10.9. The highest BCUT2D eigenvalue weighted by Crippen LogP contribution is 2.35. The Morgan fingerprint density at radius 3 is 1.80 bits per heavy atom. The molecule has 2 aromatic carbocycles. The van der Waals surface area contributed by atoms with Gasteiger partial charge in [0.2, 0.25) is 0 Å². The highest BCUT2D eigenvalue weighted by molar-refractivity contribution is 6.09. The van der Waals surface area contributed by atoms with E-state index < -0.39 is 11.2 Å². The highest BCUT2D eigenvalue weighted by atomic mass is 16.5. The largest absolute Gasteiger partial charge is 0.497 e. The lowest BCUT2D eigenvalue weighted by Gasteiger charge is -2.22. The molecule has 41 heavy (non-hydrogen) atoms. The van der Waals surface area contributed by atoms with Gasteiger partial charge in [-0.3, -0.25) is 19.8 Å². The monoisotopic (exact) mass is 550 g/mol. The van der Waals surface area contributed by atoms with Gasteiger partial charge in [-0.05, 0) is 61.1 Å². The molecular formula is C31H30N6O4. The van der Waals surface area contributed by atoms with Gasteiger partial charge in [0.25, 0.3) is 5.56 Å². The maximum atomic E-state index is 13.1. The van der Waals surface area contributed by atoms with Gasteiger partial charge < -0.3 is 24.4 Å². The van der Waals surface area contributed by atoms with Gasteiger partial charge in [-0.15, -0.1) is 0 Å². The van der Waals surface area contributed by atoms with E-state index in [9.17, 15) is 9.59 Å². The normalized spacial score (nSPS) is 14.6. The molecule has 2 aliphatic heterocycles. The topological polar surface area (TPSA) is 140 Å². The summed E-state index contributed by atoms with van der Waals surface area (Å²) in [4.78, 5) is 47.0. The number of nitrogens with zero attached hydrogens (tertiary/aromatic N) is 2. The molecule has 0 bridgehead atoms. The van der Waals surface area contributed by atoms with Crippen molar-refractivity contribution < 1.29 is 9.47 Å². The number of aromatic amines is 4. The average Bonchev–Trinajstić information content (AvgIpc) is 3.55. The minimum atomic E-state index is -0.527. The Labute approximate surface area is 234 Å². The molecule has 10 nitrogen and oxygen atoms in total. The number of H-pyrrole nitrogens is 4. The zero-order valence-corrected chi connectivity index (χ0v) is 22.9. The number of aromatic nitrogens is 4. The van der Waals surface area contributed by atoms with Crippen LogP contribution in [0.25, 0.3) is 21.8 Å². The van der Waals surface area contributed by atoms with Crippen molar-refractivity contribution in [2.45, 2.75) is 31.6 Å². The molecule has 0 spiro atoms. The molecular weight excluding hydrogens is 520 g/mol. The summed E-state index contributed by atoms with van der Waals surface area (Å²) in [7, 11) is 3.32. The fourth-order valence-electron chi connectivity index (χ4n) is 6.31. The van der Waals surface area contributed by atoms with Gasteiger partial charge in [0, 0.05) is 64.7 Å². The number of hydrogen-bond acceptors (Lipinski definition) is 6. The zero-order valence-electron chi connectivity index (χ0n) is 22.9. The lowest BCUT2D eigenvalue weighted by molar-refractivity contribution is 0.415. The Morgan fingerprint density at radius 1 is 0.780 bits per heavy atom. The van der Waals surface area contributed by atoms with Crippen LogP contribution in [0.2, 0.25) is 0 Å². The summed E-state index contributed by atoms with van der Waals surface area (Å²) in [5.41, 5.74) is 7.84. The van der Waals surface area contributed by atoms with Gasteiger partial charge >= 0.3 is 5.69 Å². The fraction of sp³-hybridized carbons (Fsp3) is 0.290. The standard InChI is InChI=1S/C31H30N6O4/c1-40-17-3-5-19-21-7-9-32-26(28(21)35-24(19)13-17)11-16(23-15-34-31(39)37-30(23)38)12-27-29-22(8-10-33-27)20-6-4-18(41-2)14-25(20)36-29/h3-6,13-16,35-36H,7-12H2,1-2H3,(H2,34,37,38,39). The van der Waals surface area contributed by atoms with E-state index in [-0.39, 0.29) is 5.92 Å². The van der Waals surface area contributed by atoms with Gasteiger partial charge in [-0.1, -0.05) is 0 Å². The molecule has 3 aromatic heterocycles. The second kappa shape index (κ2) is 9.96. The maximum absolute atomic E-state index is 13.1. The molecule has 0 atom stereocenters. The van der Waals surface area contributed by atoms with Crippen LogP contribution in [0.3, 0.4) is 0 Å². The van der Waals surface area contributed by atoms with Gasteiger partial charge in [0.1, 0.15) is 11.5 Å². The Kier molecular flexibility index (Phi) is 6.10. The SMILES string of the molecule is COc1ccc2c3c([nH]c2c1)C(CC(CC1=NCCc2c1[nH]c1cc(OC)ccc21)c1c[nH]c(=O)[nH]c1=O)=NCC3. The van der Waals surface area contributed by atoms with Crippen molar-refractivity contribution in [2.75, 3.05) is 27.3 Å². The first-order valence-electron chi connectivity index (χ1n) is 13.8. The van der Waals surface area contributed by atoms with E-state index in [4.69, 9.17) is 19.5 Å². The quantitative estimate of drug-likeness (QED) is 0.243. The third kappa shape index (κ3) is 4.35. The second-order valence-corrected chi connectivity index (χ2v) is 10.6. The van der Waals surface area contributed by atoms with Crippen molar-refractivity contribution in [3.05, 3.63) is 91.5 Å². The summed E-state index contributed by atoms with van der Waals surface area (Å²) in [6, 6.07) is 12.1. The smallest absolute Gasteiger partial charge is 0.325 e. The van der Waals surface area contributed by atoms with Crippen LogP contribution in [0, 0.1) is 0 Å². The predicted octanol–water partition coefficient (Wildman–Crippen LogP) is 4.00. The van der Waals surface area contributed by atoms with Crippen molar-refractivity contribution >= 4 is 33.2 Å². The van der Waals surface area contributed by atoms with Crippen LogP contribution >= 0.6 is 0 Å². The lowest BCUT2D eigenvalue weighted by Crippen LogP contribution is -2.29.